The van der Waals surface area contributed by atoms with Crippen LogP contribution in [0.5, 0.6) is 0 Å². The second-order valence-electron chi connectivity index (χ2n) is 11.5. The molecule has 2 bridgehead atoms. The van der Waals surface area contributed by atoms with Gasteiger partial charge in [0.25, 0.3) is 0 Å². The van der Waals surface area contributed by atoms with Crippen molar-refractivity contribution in [3.63, 3.8) is 0 Å². The van der Waals surface area contributed by atoms with E-state index in [-0.39, 0.29) is 12.2 Å². The molecule has 0 amide bonds. The van der Waals surface area contributed by atoms with Crippen molar-refractivity contribution >= 4 is 32.4 Å². The Morgan fingerprint density at radius 3 is 2.27 bits per heavy atom. The average molecular weight is 525 g/mol. The molecule has 3 nitrogen and oxygen atoms in total. The number of rotatable bonds is 8. The Balaban J connectivity index is 1.30. The van der Waals surface area contributed by atoms with Gasteiger partial charge in [-0.25, -0.2) is 0 Å². The monoisotopic (exact) mass is 524 g/mol. The van der Waals surface area contributed by atoms with Crippen LogP contribution in [0.1, 0.15) is 30.1 Å². The van der Waals surface area contributed by atoms with Gasteiger partial charge in [-0.15, -0.1) is 13.2 Å². The van der Waals surface area contributed by atoms with Crippen molar-refractivity contribution in [3.05, 3.63) is 128 Å². The number of ether oxygens (including phenoxy) is 1. The lowest BCUT2D eigenvalue weighted by molar-refractivity contribution is -0.0899. The number of benzene rings is 4. The number of fused-ring (bicyclic) bond motifs is 6. The summed E-state index contributed by atoms with van der Waals surface area (Å²) in [6.45, 7) is 10.6. The van der Waals surface area contributed by atoms with Gasteiger partial charge in [-0.2, -0.15) is 0 Å². The molecule has 200 valence electrons. The Morgan fingerprint density at radius 2 is 1.60 bits per heavy atom. The first-order chi connectivity index (χ1) is 19.7. The van der Waals surface area contributed by atoms with E-state index in [4.69, 9.17) is 4.74 Å². The number of hydrogen-bond acceptors (Lipinski definition) is 3. The Bertz CT molecular complexity index is 1650. The Morgan fingerprint density at radius 1 is 0.900 bits per heavy atom. The van der Waals surface area contributed by atoms with Crippen LogP contribution < -0.4 is 0 Å². The SMILES string of the molecule is C=CC(Cc1c2ccccc2cc2ccccc12)OC(c1ccnc2ccccc12)C1CC2CCN1CC2C=C. The highest BCUT2D eigenvalue weighted by Crippen LogP contribution is 2.44. The number of aromatic nitrogens is 1. The quantitative estimate of drug-likeness (QED) is 0.151. The van der Waals surface area contributed by atoms with E-state index in [1.54, 1.807) is 0 Å². The highest BCUT2D eigenvalue weighted by atomic mass is 16.5. The molecule has 3 heteroatoms. The lowest BCUT2D eigenvalue weighted by atomic mass is 9.73. The molecule has 40 heavy (non-hydrogen) atoms. The van der Waals surface area contributed by atoms with Crippen molar-refractivity contribution in [2.45, 2.75) is 37.5 Å². The molecule has 1 aromatic heterocycles. The van der Waals surface area contributed by atoms with Crippen LogP contribution in [0.3, 0.4) is 0 Å². The molecule has 0 radical (unpaired) electrons. The summed E-state index contributed by atoms with van der Waals surface area (Å²) < 4.78 is 7.24. The van der Waals surface area contributed by atoms with Crippen LogP contribution >= 0.6 is 0 Å². The van der Waals surface area contributed by atoms with Crippen LogP contribution in [0.15, 0.2) is 116 Å². The fourth-order valence-electron chi connectivity index (χ4n) is 7.33. The predicted molar refractivity (Wildman–Crippen MR) is 166 cm³/mol. The minimum absolute atomic E-state index is 0.0781. The van der Waals surface area contributed by atoms with E-state index in [2.05, 4.69) is 114 Å². The van der Waals surface area contributed by atoms with Gasteiger partial charge < -0.3 is 4.74 Å². The normalized spacial score (nSPS) is 23.8. The van der Waals surface area contributed by atoms with Gasteiger partial charge in [0.1, 0.15) is 0 Å². The summed E-state index contributed by atoms with van der Waals surface area (Å²) in [6.07, 6.45) is 9.05. The average Bonchev–Trinajstić information content (AvgIpc) is 3.02. The molecule has 0 N–H and O–H groups in total. The predicted octanol–water partition coefficient (Wildman–Crippen LogP) is 8.29. The van der Waals surface area contributed by atoms with E-state index in [1.165, 1.54) is 44.5 Å². The van der Waals surface area contributed by atoms with Crippen molar-refractivity contribution in [3.8, 4) is 0 Å². The van der Waals surface area contributed by atoms with Crippen molar-refractivity contribution in [2.24, 2.45) is 11.8 Å². The third-order valence-corrected chi connectivity index (χ3v) is 9.37. The highest BCUT2D eigenvalue weighted by Gasteiger charge is 2.43. The van der Waals surface area contributed by atoms with Gasteiger partial charge in [-0.1, -0.05) is 78.9 Å². The molecule has 8 rings (SSSR count). The van der Waals surface area contributed by atoms with Crippen molar-refractivity contribution in [1.82, 2.24) is 9.88 Å². The standard InChI is InChI=1S/C37H36N2O/c1-3-25-24-39-20-18-26(25)22-36(39)37(33-17-19-38-35-16-10-9-15-32(33)35)40-29(4-2)23-34-30-13-7-5-11-27(30)21-28-12-6-8-14-31(28)34/h3-17,19,21,25-26,29,36-37H,1-2,18,20,22-24H2. The Hall–Kier alpha value is -3.79. The topological polar surface area (TPSA) is 25.4 Å². The lowest BCUT2D eigenvalue weighted by Crippen LogP contribution is -2.55. The van der Waals surface area contributed by atoms with Crippen LogP contribution in [0.2, 0.25) is 0 Å². The number of nitrogens with zero attached hydrogens (tertiary/aromatic N) is 2. The summed E-state index contributed by atoms with van der Waals surface area (Å²) in [6, 6.07) is 30.7. The van der Waals surface area contributed by atoms with Gasteiger partial charge in [0.2, 0.25) is 0 Å². The molecule has 0 saturated carbocycles. The van der Waals surface area contributed by atoms with E-state index in [9.17, 15) is 0 Å². The fraction of sp³-hybridized carbons (Fsp3) is 0.270. The molecule has 6 unspecified atom stereocenters. The smallest absolute Gasteiger partial charge is 0.0995 e. The van der Waals surface area contributed by atoms with Crippen molar-refractivity contribution in [2.75, 3.05) is 13.1 Å². The van der Waals surface area contributed by atoms with Crippen LogP contribution in [-0.2, 0) is 11.2 Å². The largest absolute Gasteiger partial charge is 0.364 e. The summed E-state index contributed by atoms with van der Waals surface area (Å²) in [5.74, 6) is 1.23. The molecule has 3 fully saturated rings. The molecular formula is C37H36N2O. The molecule has 4 aromatic carbocycles. The molecule has 3 saturated heterocycles. The van der Waals surface area contributed by atoms with Gasteiger partial charge in [-0.05, 0) is 82.1 Å². The molecule has 0 aliphatic carbocycles. The Kier molecular flexibility index (Phi) is 6.71. The van der Waals surface area contributed by atoms with Crippen LogP contribution in [0, 0.1) is 11.8 Å². The number of para-hydroxylation sites is 1. The summed E-state index contributed by atoms with van der Waals surface area (Å²) in [5, 5.41) is 6.29. The zero-order valence-corrected chi connectivity index (χ0v) is 23.0. The maximum Gasteiger partial charge on any atom is 0.0995 e. The molecule has 0 spiro atoms. The lowest BCUT2D eigenvalue weighted by Gasteiger charge is -2.51. The van der Waals surface area contributed by atoms with E-state index < -0.39 is 0 Å². The first-order valence-electron chi connectivity index (χ1n) is 14.6. The molecule has 5 aromatic rings. The maximum atomic E-state index is 7.24. The van der Waals surface area contributed by atoms with Crippen molar-refractivity contribution in [1.29, 1.82) is 0 Å². The van der Waals surface area contributed by atoms with Gasteiger partial charge in [0.15, 0.2) is 0 Å². The van der Waals surface area contributed by atoms with Gasteiger partial charge in [0, 0.05) is 30.6 Å². The maximum absolute atomic E-state index is 7.24. The molecule has 3 aliphatic rings. The molecular weight excluding hydrogens is 488 g/mol. The second kappa shape index (κ2) is 10.6. The van der Waals surface area contributed by atoms with Crippen LogP contribution in [0.4, 0.5) is 0 Å². The summed E-state index contributed by atoms with van der Waals surface area (Å²) in [7, 11) is 0. The first kappa shape index (κ1) is 25.2. The third kappa shape index (κ3) is 4.44. The minimum Gasteiger partial charge on any atom is -0.364 e. The Labute approximate surface area is 236 Å². The van der Waals surface area contributed by atoms with Gasteiger partial charge in [0.05, 0.1) is 17.7 Å². The van der Waals surface area contributed by atoms with Crippen LogP contribution in [-0.4, -0.2) is 35.1 Å². The third-order valence-electron chi connectivity index (χ3n) is 9.37. The molecule has 4 heterocycles. The van der Waals surface area contributed by atoms with Gasteiger partial charge >= 0.3 is 0 Å². The molecule has 3 aliphatic heterocycles. The number of hydrogen-bond donors (Lipinski definition) is 0. The zero-order valence-electron chi connectivity index (χ0n) is 23.0. The minimum atomic E-state index is -0.136. The summed E-state index contributed by atoms with van der Waals surface area (Å²) in [4.78, 5) is 7.33. The zero-order chi connectivity index (χ0) is 27.1. The van der Waals surface area contributed by atoms with Crippen LogP contribution in [0.25, 0.3) is 32.4 Å². The fourth-order valence-corrected chi connectivity index (χ4v) is 7.33. The van der Waals surface area contributed by atoms with E-state index in [0.29, 0.717) is 17.9 Å². The summed E-state index contributed by atoms with van der Waals surface area (Å²) in [5.41, 5.74) is 3.57. The van der Waals surface area contributed by atoms with E-state index >= 15 is 0 Å². The number of pyridine rings is 1. The highest BCUT2D eigenvalue weighted by molar-refractivity contribution is 6.02. The molecule has 6 atom stereocenters. The van der Waals surface area contributed by atoms with Crippen molar-refractivity contribution < 1.29 is 4.74 Å². The second-order valence-corrected chi connectivity index (χ2v) is 11.5. The number of piperidine rings is 3. The first-order valence-corrected chi connectivity index (χ1v) is 14.6. The van der Waals surface area contributed by atoms with E-state index in [1.807, 2.05) is 12.3 Å². The summed E-state index contributed by atoms with van der Waals surface area (Å²) >= 11 is 0. The van der Waals surface area contributed by atoms with Gasteiger partial charge in [-0.3, -0.25) is 9.88 Å². The van der Waals surface area contributed by atoms with E-state index in [0.717, 1.165) is 31.4 Å².